The largest absolute Gasteiger partial charge is 0.508 e. The van der Waals surface area contributed by atoms with Crippen LogP contribution in [-0.4, -0.2) is 5.11 Å². The highest BCUT2D eigenvalue weighted by Gasteiger charge is 2.10. The Kier molecular flexibility index (Phi) is 4.26. The lowest BCUT2D eigenvalue weighted by molar-refractivity contribution is 0.475. The summed E-state index contributed by atoms with van der Waals surface area (Å²) >= 11 is 0. The maximum atomic E-state index is 9.44. The number of rotatable bonds is 4. The average Bonchev–Trinajstić information content (AvgIpc) is 2.46. The van der Waals surface area contributed by atoms with Crippen molar-refractivity contribution in [2.45, 2.75) is 40.0 Å². The highest BCUT2D eigenvalue weighted by molar-refractivity contribution is 5.72. The zero-order chi connectivity index (χ0) is 13.8. The maximum Gasteiger partial charge on any atom is 0.115 e. The van der Waals surface area contributed by atoms with Crippen LogP contribution in [0.3, 0.4) is 0 Å². The molecule has 0 aliphatic carbocycles. The monoisotopic (exact) mass is 254 g/mol. The molecule has 1 N–H and O–H groups in total. The Morgan fingerprint density at radius 3 is 1.74 bits per heavy atom. The van der Waals surface area contributed by atoms with Gasteiger partial charge in [0.25, 0.3) is 0 Å². The molecule has 0 aliphatic heterocycles. The van der Waals surface area contributed by atoms with Gasteiger partial charge in [-0.2, -0.15) is 0 Å². The molecule has 1 heteroatoms. The van der Waals surface area contributed by atoms with Crippen molar-refractivity contribution in [1.29, 1.82) is 0 Å². The Balaban J connectivity index is 2.63. The lowest BCUT2D eigenvalue weighted by Crippen LogP contribution is -1.97. The summed E-state index contributed by atoms with van der Waals surface area (Å²) in [6, 6.07) is 12.2. The first-order valence-corrected chi connectivity index (χ1v) is 7.13. The fourth-order valence-corrected chi connectivity index (χ4v) is 2.60. The molecular formula is C18H22O. The average molecular weight is 254 g/mol. The maximum absolute atomic E-state index is 9.44. The van der Waals surface area contributed by atoms with E-state index in [1.165, 1.54) is 27.8 Å². The van der Waals surface area contributed by atoms with Crippen LogP contribution >= 0.6 is 0 Å². The quantitative estimate of drug-likeness (QED) is 0.835. The van der Waals surface area contributed by atoms with Crippen LogP contribution < -0.4 is 0 Å². The number of aryl methyl sites for hydroxylation is 3. The molecule has 0 atom stereocenters. The third-order valence-corrected chi connectivity index (χ3v) is 3.69. The van der Waals surface area contributed by atoms with E-state index in [4.69, 9.17) is 0 Å². The molecule has 0 radical (unpaired) electrons. The van der Waals surface area contributed by atoms with Crippen LogP contribution in [-0.2, 0) is 19.3 Å². The first-order chi connectivity index (χ1) is 9.19. The van der Waals surface area contributed by atoms with E-state index >= 15 is 0 Å². The van der Waals surface area contributed by atoms with Gasteiger partial charge in [-0.1, -0.05) is 45.0 Å². The minimum Gasteiger partial charge on any atom is -0.508 e. The van der Waals surface area contributed by atoms with Crippen molar-refractivity contribution in [2.24, 2.45) is 0 Å². The number of hydrogen-bond donors (Lipinski definition) is 1. The Labute approximate surface area is 115 Å². The van der Waals surface area contributed by atoms with Gasteiger partial charge in [-0.3, -0.25) is 0 Å². The molecular weight excluding hydrogens is 232 g/mol. The van der Waals surface area contributed by atoms with Crippen molar-refractivity contribution in [1.82, 2.24) is 0 Å². The predicted octanol–water partition coefficient (Wildman–Crippen LogP) is 4.75. The third kappa shape index (κ3) is 2.81. The molecule has 19 heavy (non-hydrogen) atoms. The Morgan fingerprint density at radius 1 is 0.789 bits per heavy atom. The Morgan fingerprint density at radius 2 is 1.32 bits per heavy atom. The fraction of sp³-hybridized carbons (Fsp3) is 0.333. The summed E-state index contributed by atoms with van der Waals surface area (Å²) in [5.74, 6) is 0.324. The van der Waals surface area contributed by atoms with Crippen LogP contribution in [0.2, 0.25) is 0 Å². The SMILES string of the molecule is CCc1cc(CC)c(-c2ccc(O)cc2)c(CC)c1. The molecule has 0 bridgehead atoms. The summed E-state index contributed by atoms with van der Waals surface area (Å²) < 4.78 is 0. The molecule has 100 valence electrons. The van der Waals surface area contributed by atoms with E-state index in [9.17, 15) is 5.11 Å². The molecule has 0 aliphatic rings. The van der Waals surface area contributed by atoms with Gasteiger partial charge in [0.2, 0.25) is 0 Å². The van der Waals surface area contributed by atoms with Crippen molar-refractivity contribution in [2.75, 3.05) is 0 Å². The van der Waals surface area contributed by atoms with Crippen molar-refractivity contribution in [3.63, 3.8) is 0 Å². The Hall–Kier alpha value is -1.76. The number of phenols is 1. The van der Waals surface area contributed by atoms with E-state index in [0.717, 1.165) is 19.3 Å². The summed E-state index contributed by atoms with van der Waals surface area (Å²) in [7, 11) is 0. The molecule has 0 fully saturated rings. The molecule has 2 aromatic carbocycles. The van der Waals surface area contributed by atoms with E-state index in [1.54, 1.807) is 12.1 Å². The van der Waals surface area contributed by atoms with E-state index in [2.05, 4.69) is 32.9 Å². The van der Waals surface area contributed by atoms with E-state index < -0.39 is 0 Å². The van der Waals surface area contributed by atoms with Gasteiger partial charge in [-0.05, 0) is 59.2 Å². The smallest absolute Gasteiger partial charge is 0.115 e. The number of aromatic hydroxyl groups is 1. The second kappa shape index (κ2) is 5.92. The normalized spacial score (nSPS) is 10.7. The van der Waals surface area contributed by atoms with E-state index in [0.29, 0.717) is 5.75 Å². The molecule has 0 unspecified atom stereocenters. The number of hydrogen-bond acceptors (Lipinski definition) is 1. The predicted molar refractivity (Wildman–Crippen MR) is 81.7 cm³/mol. The lowest BCUT2D eigenvalue weighted by atomic mass is 9.89. The third-order valence-electron chi connectivity index (χ3n) is 3.69. The minimum atomic E-state index is 0.324. The summed E-state index contributed by atoms with van der Waals surface area (Å²) in [6.45, 7) is 6.62. The molecule has 0 aromatic heterocycles. The molecule has 0 saturated carbocycles. The summed E-state index contributed by atoms with van der Waals surface area (Å²) in [4.78, 5) is 0. The van der Waals surface area contributed by atoms with Crippen LogP contribution in [0, 0.1) is 0 Å². The van der Waals surface area contributed by atoms with Crippen LogP contribution in [0.4, 0.5) is 0 Å². The molecule has 2 aromatic rings. The van der Waals surface area contributed by atoms with Crippen molar-refractivity contribution in [3.8, 4) is 16.9 Å². The summed E-state index contributed by atoms with van der Waals surface area (Å²) in [5, 5.41) is 9.44. The van der Waals surface area contributed by atoms with Crippen LogP contribution in [0.15, 0.2) is 36.4 Å². The Bertz CT molecular complexity index is 527. The minimum absolute atomic E-state index is 0.324. The fourth-order valence-electron chi connectivity index (χ4n) is 2.60. The standard InChI is InChI=1S/C18H22O/c1-4-13-11-14(5-2)18(15(6-3)12-13)16-7-9-17(19)10-8-16/h7-12,19H,4-6H2,1-3H3. The second-order valence-corrected chi connectivity index (χ2v) is 4.90. The van der Waals surface area contributed by atoms with Crippen molar-refractivity contribution < 1.29 is 5.11 Å². The van der Waals surface area contributed by atoms with Gasteiger partial charge >= 0.3 is 0 Å². The summed E-state index contributed by atoms with van der Waals surface area (Å²) in [5.41, 5.74) is 6.77. The molecule has 2 rings (SSSR count). The zero-order valence-corrected chi connectivity index (χ0v) is 12.0. The lowest BCUT2D eigenvalue weighted by Gasteiger charge is -2.16. The first-order valence-electron chi connectivity index (χ1n) is 7.13. The van der Waals surface area contributed by atoms with Crippen LogP contribution in [0.1, 0.15) is 37.5 Å². The van der Waals surface area contributed by atoms with Gasteiger partial charge in [0, 0.05) is 0 Å². The molecule has 0 spiro atoms. The van der Waals surface area contributed by atoms with Gasteiger partial charge in [0.15, 0.2) is 0 Å². The molecule has 0 heterocycles. The highest BCUT2D eigenvalue weighted by Crippen LogP contribution is 2.31. The van der Waals surface area contributed by atoms with Gasteiger partial charge < -0.3 is 5.11 Å². The van der Waals surface area contributed by atoms with Crippen LogP contribution in [0.25, 0.3) is 11.1 Å². The van der Waals surface area contributed by atoms with Crippen LogP contribution in [0.5, 0.6) is 5.75 Å². The molecule has 1 nitrogen and oxygen atoms in total. The van der Waals surface area contributed by atoms with Gasteiger partial charge in [0.05, 0.1) is 0 Å². The van der Waals surface area contributed by atoms with Gasteiger partial charge in [-0.25, -0.2) is 0 Å². The molecule has 0 amide bonds. The van der Waals surface area contributed by atoms with Gasteiger partial charge in [0.1, 0.15) is 5.75 Å². The number of phenolic OH excluding ortho intramolecular Hbond substituents is 1. The van der Waals surface area contributed by atoms with Gasteiger partial charge in [-0.15, -0.1) is 0 Å². The van der Waals surface area contributed by atoms with E-state index in [-0.39, 0.29) is 0 Å². The second-order valence-electron chi connectivity index (χ2n) is 4.90. The molecule has 0 saturated heterocycles. The summed E-state index contributed by atoms with van der Waals surface area (Å²) in [6.07, 6.45) is 3.16. The highest BCUT2D eigenvalue weighted by atomic mass is 16.3. The van der Waals surface area contributed by atoms with E-state index in [1.807, 2.05) is 12.1 Å². The topological polar surface area (TPSA) is 20.2 Å². The van der Waals surface area contributed by atoms with Crippen molar-refractivity contribution >= 4 is 0 Å². The van der Waals surface area contributed by atoms with Crippen molar-refractivity contribution in [3.05, 3.63) is 53.1 Å². The number of benzene rings is 2. The first kappa shape index (κ1) is 13.7. The zero-order valence-electron chi connectivity index (χ0n) is 12.0.